The Morgan fingerprint density at radius 3 is 2.38 bits per heavy atom. The van der Waals surface area contributed by atoms with Gasteiger partial charge in [-0.1, -0.05) is 30.3 Å². The van der Waals surface area contributed by atoms with Gasteiger partial charge < -0.3 is 10.6 Å². The minimum Gasteiger partial charge on any atom is -0.370 e. The predicted octanol–water partition coefficient (Wildman–Crippen LogP) is 4.32. The van der Waals surface area contributed by atoms with Crippen molar-refractivity contribution in [3.63, 3.8) is 0 Å². The van der Waals surface area contributed by atoms with Gasteiger partial charge in [-0.15, -0.1) is 0 Å². The van der Waals surface area contributed by atoms with E-state index in [1.54, 1.807) is 12.1 Å². The maximum absolute atomic E-state index is 12.9. The number of hydrogen-bond donors (Lipinski definition) is 2. The zero-order valence-corrected chi connectivity index (χ0v) is 13.5. The van der Waals surface area contributed by atoms with Gasteiger partial charge in [0.2, 0.25) is 0 Å². The highest BCUT2D eigenvalue weighted by atomic mass is 19.1. The molecule has 0 aliphatic rings. The Bertz CT molecular complexity index is 788. The van der Waals surface area contributed by atoms with E-state index in [0.717, 1.165) is 29.3 Å². The SMILES string of the molecule is Cc1nc(NCCc2ccc(F)cc2)cc(Nc2ccccc2)n1. The predicted molar refractivity (Wildman–Crippen MR) is 95.1 cm³/mol. The summed E-state index contributed by atoms with van der Waals surface area (Å²) in [5, 5.41) is 6.56. The van der Waals surface area contributed by atoms with Crippen LogP contribution in [-0.2, 0) is 6.42 Å². The summed E-state index contributed by atoms with van der Waals surface area (Å²) in [6.07, 6.45) is 0.796. The molecule has 0 aliphatic carbocycles. The molecule has 2 N–H and O–H groups in total. The Morgan fingerprint density at radius 2 is 1.62 bits per heavy atom. The van der Waals surface area contributed by atoms with Gasteiger partial charge in [0, 0.05) is 18.3 Å². The summed E-state index contributed by atoms with van der Waals surface area (Å²) in [4.78, 5) is 8.80. The molecule has 24 heavy (non-hydrogen) atoms. The third-order valence-corrected chi connectivity index (χ3v) is 3.52. The van der Waals surface area contributed by atoms with Crippen LogP contribution in [0.5, 0.6) is 0 Å². The van der Waals surface area contributed by atoms with E-state index in [0.29, 0.717) is 12.4 Å². The molecule has 122 valence electrons. The molecule has 1 heterocycles. The van der Waals surface area contributed by atoms with Gasteiger partial charge in [-0.05, 0) is 43.2 Å². The van der Waals surface area contributed by atoms with Crippen molar-refractivity contribution in [3.05, 3.63) is 77.9 Å². The molecule has 3 rings (SSSR count). The quantitative estimate of drug-likeness (QED) is 0.709. The first kappa shape index (κ1) is 15.9. The van der Waals surface area contributed by atoms with E-state index in [1.807, 2.05) is 43.3 Å². The van der Waals surface area contributed by atoms with E-state index in [-0.39, 0.29) is 5.82 Å². The first-order valence-corrected chi connectivity index (χ1v) is 7.85. The monoisotopic (exact) mass is 322 g/mol. The lowest BCUT2D eigenvalue weighted by Crippen LogP contribution is -2.08. The molecule has 3 aromatic rings. The summed E-state index contributed by atoms with van der Waals surface area (Å²) in [6.45, 7) is 2.58. The lowest BCUT2D eigenvalue weighted by atomic mass is 10.1. The molecule has 0 radical (unpaired) electrons. The molecule has 5 heteroatoms. The van der Waals surface area contributed by atoms with Crippen LogP contribution in [0.4, 0.5) is 21.7 Å². The summed E-state index contributed by atoms with van der Waals surface area (Å²) in [5.74, 6) is 2.00. The average Bonchev–Trinajstić information content (AvgIpc) is 2.57. The van der Waals surface area contributed by atoms with Crippen molar-refractivity contribution in [2.75, 3.05) is 17.2 Å². The first-order chi connectivity index (χ1) is 11.7. The molecule has 4 nitrogen and oxygen atoms in total. The lowest BCUT2D eigenvalue weighted by Gasteiger charge is -2.10. The van der Waals surface area contributed by atoms with E-state index in [1.165, 1.54) is 12.1 Å². The number of nitrogens with zero attached hydrogens (tertiary/aromatic N) is 2. The Balaban J connectivity index is 1.62. The van der Waals surface area contributed by atoms with Gasteiger partial charge in [0.1, 0.15) is 23.3 Å². The first-order valence-electron chi connectivity index (χ1n) is 7.85. The summed E-state index contributed by atoms with van der Waals surface area (Å²) in [5.41, 5.74) is 2.06. The van der Waals surface area contributed by atoms with Gasteiger partial charge in [0.25, 0.3) is 0 Å². The topological polar surface area (TPSA) is 49.8 Å². The number of benzene rings is 2. The van der Waals surface area contributed by atoms with Crippen molar-refractivity contribution in [2.24, 2.45) is 0 Å². The average molecular weight is 322 g/mol. The normalized spacial score (nSPS) is 10.4. The molecule has 0 atom stereocenters. The number of rotatable bonds is 6. The molecule has 0 saturated heterocycles. The lowest BCUT2D eigenvalue weighted by molar-refractivity contribution is 0.627. The van der Waals surface area contributed by atoms with E-state index in [9.17, 15) is 4.39 Å². The number of anilines is 3. The van der Waals surface area contributed by atoms with Crippen LogP contribution in [-0.4, -0.2) is 16.5 Å². The van der Waals surface area contributed by atoms with Crippen LogP contribution >= 0.6 is 0 Å². The van der Waals surface area contributed by atoms with Crippen LogP contribution in [0.1, 0.15) is 11.4 Å². The van der Waals surface area contributed by atoms with Crippen LogP contribution in [0.3, 0.4) is 0 Å². The second-order valence-electron chi connectivity index (χ2n) is 5.48. The van der Waals surface area contributed by atoms with E-state index in [2.05, 4.69) is 20.6 Å². The Kier molecular flexibility index (Phi) is 5.01. The van der Waals surface area contributed by atoms with Gasteiger partial charge >= 0.3 is 0 Å². The molecule has 2 aromatic carbocycles. The molecule has 0 bridgehead atoms. The van der Waals surface area contributed by atoms with Crippen LogP contribution in [0, 0.1) is 12.7 Å². The highest BCUT2D eigenvalue weighted by molar-refractivity contribution is 5.59. The minimum atomic E-state index is -0.213. The van der Waals surface area contributed by atoms with Gasteiger partial charge in [0.05, 0.1) is 0 Å². The molecule has 0 spiro atoms. The number of nitrogens with one attached hydrogen (secondary N) is 2. The van der Waals surface area contributed by atoms with Gasteiger partial charge in [-0.3, -0.25) is 0 Å². The van der Waals surface area contributed by atoms with Crippen LogP contribution in [0.15, 0.2) is 60.7 Å². The van der Waals surface area contributed by atoms with Crippen molar-refractivity contribution in [1.29, 1.82) is 0 Å². The van der Waals surface area contributed by atoms with Crippen molar-refractivity contribution in [2.45, 2.75) is 13.3 Å². The van der Waals surface area contributed by atoms with Crippen LogP contribution < -0.4 is 10.6 Å². The van der Waals surface area contributed by atoms with E-state index in [4.69, 9.17) is 0 Å². The second kappa shape index (κ2) is 7.55. The minimum absolute atomic E-state index is 0.213. The maximum atomic E-state index is 12.9. The number of aryl methyl sites for hydroxylation is 1. The summed E-state index contributed by atoms with van der Waals surface area (Å²) >= 11 is 0. The molecule has 0 fully saturated rings. The van der Waals surface area contributed by atoms with Crippen molar-refractivity contribution in [3.8, 4) is 0 Å². The zero-order valence-electron chi connectivity index (χ0n) is 13.5. The molecule has 0 aliphatic heterocycles. The smallest absolute Gasteiger partial charge is 0.136 e. The fraction of sp³-hybridized carbons (Fsp3) is 0.158. The highest BCUT2D eigenvalue weighted by Crippen LogP contribution is 2.17. The summed E-state index contributed by atoms with van der Waals surface area (Å²) in [6, 6.07) is 18.3. The van der Waals surface area contributed by atoms with Crippen molar-refractivity contribution < 1.29 is 4.39 Å². The second-order valence-corrected chi connectivity index (χ2v) is 5.48. The largest absolute Gasteiger partial charge is 0.370 e. The maximum Gasteiger partial charge on any atom is 0.136 e. The molecule has 0 saturated carbocycles. The Labute approximate surface area is 140 Å². The van der Waals surface area contributed by atoms with Crippen molar-refractivity contribution in [1.82, 2.24) is 9.97 Å². The number of halogens is 1. The van der Waals surface area contributed by atoms with Crippen LogP contribution in [0.25, 0.3) is 0 Å². The number of hydrogen-bond acceptors (Lipinski definition) is 4. The third kappa shape index (κ3) is 4.52. The third-order valence-electron chi connectivity index (χ3n) is 3.52. The zero-order chi connectivity index (χ0) is 16.8. The Morgan fingerprint density at radius 1 is 0.917 bits per heavy atom. The molecule has 0 amide bonds. The standard InChI is InChI=1S/C19H19FN4/c1-14-22-18(21-12-11-15-7-9-16(20)10-8-15)13-19(23-14)24-17-5-3-2-4-6-17/h2-10,13H,11-12H2,1H3,(H2,21,22,23,24). The van der Waals surface area contributed by atoms with Gasteiger partial charge in [-0.25, -0.2) is 14.4 Å². The van der Waals surface area contributed by atoms with Crippen LogP contribution in [0.2, 0.25) is 0 Å². The fourth-order valence-corrected chi connectivity index (χ4v) is 2.38. The molecule has 1 aromatic heterocycles. The van der Waals surface area contributed by atoms with E-state index >= 15 is 0 Å². The van der Waals surface area contributed by atoms with Gasteiger partial charge in [-0.2, -0.15) is 0 Å². The fourth-order valence-electron chi connectivity index (χ4n) is 2.38. The molecular weight excluding hydrogens is 303 g/mol. The molecular formula is C19H19FN4. The van der Waals surface area contributed by atoms with E-state index < -0.39 is 0 Å². The van der Waals surface area contributed by atoms with Crippen molar-refractivity contribution >= 4 is 17.3 Å². The summed E-state index contributed by atoms with van der Waals surface area (Å²) < 4.78 is 12.9. The number of para-hydroxylation sites is 1. The highest BCUT2D eigenvalue weighted by Gasteiger charge is 2.03. The summed E-state index contributed by atoms with van der Waals surface area (Å²) in [7, 11) is 0. The molecule has 0 unspecified atom stereocenters. The Hall–Kier alpha value is -2.95. The number of aromatic nitrogens is 2. The van der Waals surface area contributed by atoms with Gasteiger partial charge in [0.15, 0.2) is 0 Å².